The number of carboxylic acids is 1. The highest BCUT2D eigenvalue weighted by Crippen LogP contribution is 2.22. The first-order valence-electron chi connectivity index (χ1n) is 5.87. The smallest absolute Gasteiger partial charge is 0.305 e. The molecule has 104 valence electrons. The van der Waals surface area contributed by atoms with Gasteiger partial charge in [-0.05, 0) is 24.6 Å². The van der Waals surface area contributed by atoms with Gasteiger partial charge in [-0.25, -0.2) is 0 Å². The Morgan fingerprint density at radius 2 is 2.05 bits per heavy atom. The second kappa shape index (κ2) is 6.19. The van der Waals surface area contributed by atoms with Crippen LogP contribution in [-0.4, -0.2) is 37.1 Å². The molecular weight excluding hydrogens is 246 g/mol. The van der Waals surface area contributed by atoms with E-state index < -0.39 is 24.3 Å². The molecule has 0 aliphatic heterocycles. The van der Waals surface area contributed by atoms with Gasteiger partial charge >= 0.3 is 5.97 Å². The maximum absolute atomic E-state index is 11.7. The molecule has 6 nitrogen and oxygen atoms in total. The van der Waals surface area contributed by atoms with Crippen LogP contribution in [0.5, 0.6) is 0 Å². The molecule has 19 heavy (non-hydrogen) atoms. The highest BCUT2D eigenvalue weighted by atomic mass is 16.4. The van der Waals surface area contributed by atoms with Gasteiger partial charge in [0.05, 0.1) is 12.5 Å². The van der Waals surface area contributed by atoms with Gasteiger partial charge < -0.3 is 21.1 Å². The highest BCUT2D eigenvalue weighted by molar-refractivity contribution is 5.97. The number of carbonyl (C=O) groups excluding carboxylic acids is 1. The van der Waals surface area contributed by atoms with Crippen molar-refractivity contribution in [1.29, 1.82) is 0 Å². The van der Waals surface area contributed by atoms with E-state index in [2.05, 4.69) is 5.32 Å². The summed E-state index contributed by atoms with van der Waals surface area (Å²) < 4.78 is 0. The molecule has 0 heterocycles. The van der Waals surface area contributed by atoms with Crippen molar-refractivity contribution in [2.75, 3.05) is 24.3 Å². The van der Waals surface area contributed by atoms with Gasteiger partial charge in [0.1, 0.15) is 0 Å². The number of nitrogens with two attached hydrogens (primary N) is 1. The van der Waals surface area contributed by atoms with Crippen molar-refractivity contribution in [3.8, 4) is 0 Å². The molecule has 0 fully saturated rings. The van der Waals surface area contributed by atoms with Crippen molar-refractivity contribution in [2.45, 2.75) is 19.4 Å². The van der Waals surface area contributed by atoms with Gasteiger partial charge in [-0.15, -0.1) is 0 Å². The number of nitrogens with one attached hydrogen (secondary N) is 1. The molecule has 1 aromatic carbocycles. The molecule has 0 radical (unpaired) electrons. The number of rotatable bonds is 5. The number of hydrogen-bond donors (Lipinski definition) is 3. The van der Waals surface area contributed by atoms with Gasteiger partial charge in [-0.3, -0.25) is 9.59 Å². The fraction of sp³-hybridized carbons (Fsp3) is 0.385. The van der Waals surface area contributed by atoms with Gasteiger partial charge in [0.2, 0.25) is 5.91 Å². The van der Waals surface area contributed by atoms with Gasteiger partial charge in [-0.1, -0.05) is 6.07 Å². The minimum atomic E-state index is -1.10. The Morgan fingerprint density at radius 3 is 2.58 bits per heavy atom. The van der Waals surface area contributed by atoms with Crippen molar-refractivity contribution >= 4 is 23.3 Å². The summed E-state index contributed by atoms with van der Waals surface area (Å²) in [6.07, 6.45) is -0.391. The second-order valence-corrected chi connectivity index (χ2v) is 4.59. The van der Waals surface area contributed by atoms with Crippen LogP contribution in [0.3, 0.4) is 0 Å². The lowest BCUT2D eigenvalue weighted by Gasteiger charge is -2.17. The summed E-state index contributed by atoms with van der Waals surface area (Å²) >= 11 is 0. The van der Waals surface area contributed by atoms with E-state index in [1.165, 1.54) is 0 Å². The zero-order chi connectivity index (χ0) is 14.6. The Morgan fingerprint density at radius 1 is 1.42 bits per heavy atom. The number of nitrogens with zero attached hydrogens (tertiary/aromatic N) is 1. The first kappa shape index (κ1) is 15.0. The average Bonchev–Trinajstić information content (AvgIpc) is 2.30. The normalized spacial score (nSPS) is 11.8. The van der Waals surface area contributed by atoms with E-state index in [4.69, 9.17) is 10.8 Å². The lowest BCUT2D eigenvalue weighted by atomic mass is 10.1. The van der Waals surface area contributed by atoms with E-state index in [0.717, 1.165) is 11.3 Å². The van der Waals surface area contributed by atoms with E-state index in [0.29, 0.717) is 5.69 Å². The highest BCUT2D eigenvalue weighted by Gasteiger charge is 2.17. The molecule has 4 N–H and O–H groups in total. The molecule has 0 saturated carbocycles. The average molecular weight is 265 g/mol. The van der Waals surface area contributed by atoms with Crippen LogP contribution in [0.15, 0.2) is 18.2 Å². The molecule has 0 spiro atoms. The third kappa shape index (κ3) is 4.26. The van der Waals surface area contributed by atoms with Crippen molar-refractivity contribution in [2.24, 2.45) is 5.73 Å². The van der Waals surface area contributed by atoms with Crippen molar-refractivity contribution in [3.05, 3.63) is 23.8 Å². The fourth-order valence-electron chi connectivity index (χ4n) is 1.68. The van der Waals surface area contributed by atoms with E-state index in [1.54, 1.807) is 6.07 Å². The molecule has 1 atom stereocenters. The fourth-order valence-corrected chi connectivity index (χ4v) is 1.68. The van der Waals surface area contributed by atoms with Gasteiger partial charge in [0.25, 0.3) is 0 Å². The minimum absolute atomic E-state index is 0.391. The summed E-state index contributed by atoms with van der Waals surface area (Å²) in [6, 6.07) is 4.41. The number of aryl methyl sites for hydroxylation is 1. The van der Waals surface area contributed by atoms with Crippen LogP contribution in [0.1, 0.15) is 12.0 Å². The first-order valence-corrected chi connectivity index (χ1v) is 5.87. The van der Waals surface area contributed by atoms with E-state index in [1.807, 2.05) is 38.1 Å². The summed E-state index contributed by atoms with van der Waals surface area (Å²) in [5.41, 5.74) is 8.15. The summed E-state index contributed by atoms with van der Waals surface area (Å²) in [6.45, 7) is 1.97. The van der Waals surface area contributed by atoms with Gasteiger partial charge in [0, 0.05) is 25.5 Å². The Labute approximate surface area is 112 Å². The standard InChI is InChI=1S/C13H19N3O3/c1-8-4-5-9(6-11(8)16(2)3)15-13(19)10(14)7-12(17)18/h4-6,10H,7,14H2,1-3H3,(H,15,19)(H,17,18). The molecule has 0 aliphatic rings. The van der Waals surface area contributed by atoms with E-state index in [9.17, 15) is 9.59 Å². The third-order valence-corrected chi connectivity index (χ3v) is 2.69. The molecule has 1 aromatic rings. The van der Waals surface area contributed by atoms with Gasteiger partial charge in [-0.2, -0.15) is 0 Å². The zero-order valence-corrected chi connectivity index (χ0v) is 11.3. The van der Waals surface area contributed by atoms with Crippen LogP contribution in [0, 0.1) is 6.92 Å². The maximum atomic E-state index is 11.7. The van der Waals surface area contributed by atoms with Crippen LogP contribution in [0.25, 0.3) is 0 Å². The number of amides is 1. The maximum Gasteiger partial charge on any atom is 0.305 e. The number of benzene rings is 1. The lowest BCUT2D eigenvalue weighted by molar-refractivity contribution is -0.138. The third-order valence-electron chi connectivity index (χ3n) is 2.69. The van der Waals surface area contributed by atoms with Crippen LogP contribution in [0.2, 0.25) is 0 Å². The monoisotopic (exact) mass is 265 g/mol. The summed E-state index contributed by atoms with van der Waals surface area (Å²) in [7, 11) is 3.81. The van der Waals surface area contributed by atoms with Crippen LogP contribution in [-0.2, 0) is 9.59 Å². The molecule has 0 aliphatic carbocycles. The van der Waals surface area contributed by atoms with Crippen LogP contribution in [0.4, 0.5) is 11.4 Å². The number of aliphatic carboxylic acids is 1. The zero-order valence-electron chi connectivity index (χ0n) is 11.3. The second-order valence-electron chi connectivity index (χ2n) is 4.59. The number of carbonyl (C=O) groups is 2. The first-order chi connectivity index (χ1) is 8.81. The molecule has 1 unspecified atom stereocenters. The quantitative estimate of drug-likeness (QED) is 0.732. The van der Waals surface area contributed by atoms with Crippen molar-refractivity contribution in [1.82, 2.24) is 0 Å². The molecule has 1 amide bonds. The van der Waals surface area contributed by atoms with Gasteiger partial charge in [0.15, 0.2) is 0 Å². The molecule has 6 heteroatoms. The molecule has 0 bridgehead atoms. The van der Waals surface area contributed by atoms with E-state index in [-0.39, 0.29) is 0 Å². The largest absolute Gasteiger partial charge is 0.481 e. The Bertz CT molecular complexity index is 486. The summed E-state index contributed by atoms with van der Waals surface area (Å²) in [4.78, 5) is 24.1. The van der Waals surface area contributed by atoms with Crippen LogP contribution >= 0.6 is 0 Å². The topological polar surface area (TPSA) is 95.7 Å². The summed E-state index contributed by atoms with van der Waals surface area (Å²) in [5, 5.41) is 11.2. The lowest BCUT2D eigenvalue weighted by Crippen LogP contribution is -2.37. The minimum Gasteiger partial charge on any atom is -0.481 e. The predicted octanol–water partition coefficient (Wildman–Crippen LogP) is 0.802. The molecule has 0 aromatic heterocycles. The van der Waals surface area contributed by atoms with Crippen LogP contribution < -0.4 is 16.0 Å². The summed E-state index contributed by atoms with van der Waals surface area (Å²) in [5.74, 6) is -1.60. The number of carboxylic acid groups (broad SMARTS) is 1. The SMILES string of the molecule is Cc1ccc(NC(=O)C(N)CC(=O)O)cc1N(C)C. The Hall–Kier alpha value is -2.08. The predicted molar refractivity (Wildman–Crippen MR) is 74.4 cm³/mol. The Balaban J connectivity index is 2.80. The number of hydrogen-bond acceptors (Lipinski definition) is 4. The molecule has 0 saturated heterocycles. The molecular formula is C13H19N3O3. The van der Waals surface area contributed by atoms with Crippen molar-refractivity contribution < 1.29 is 14.7 Å². The Kier molecular flexibility index (Phi) is 4.88. The molecule has 1 rings (SSSR count). The van der Waals surface area contributed by atoms with Crippen molar-refractivity contribution in [3.63, 3.8) is 0 Å². The number of anilines is 2. The van der Waals surface area contributed by atoms with E-state index >= 15 is 0 Å².